The zero-order chi connectivity index (χ0) is 24.3. The predicted octanol–water partition coefficient (Wildman–Crippen LogP) is 4.27. The lowest BCUT2D eigenvalue weighted by Crippen LogP contribution is -2.48. The molecule has 0 saturated carbocycles. The average molecular weight is 486 g/mol. The van der Waals surface area contributed by atoms with Crippen LogP contribution in [-0.4, -0.2) is 32.0 Å². The molecule has 176 valence electrons. The number of hydrogen-bond acceptors (Lipinski definition) is 5. The van der Waals surface area contributed by atoms with E-state index < -0.39 is 22.0 Å². The van der Waals surface area contributed by atoms with Gasteiger partial charge in [0.2, 0.25) is 0 Å². The maximum atomic E-state index is 13.4. The zero-order valence-corrected chi connectivity index (χ0v) is 19.6. The molecule has 1 aromatic heterocycles. The van der Waals surface area contributed by atoms with Gasteiger partial charge in [-0.05, 0) is 66.1 Å². The summed E-state index contributed by atoms with van der Waals surface area (Å²) >= 11 is 0. The topological polar surface area (TPSA) is 88.6 Å². The number of para-hydroxylation sites is 2. The van der Waals surface area contributed by atoms with Crippen molar-refractivity contribution in [1.29, 1.82) is 0 Å². The molecule has 0 aliphatic carbocycles. The Kier molecular flexibility index (Phi) is 6.20. The lowest BCUT2D eigenvalue weighted by Gasteiger charge is -2.34. The van der Waals surface area contributed by atoms with Crippen LogP contribution in [0.5, 0.6) is 5.75 Å². The number of carbonyl (C=O) groups excluding carboxylic acids is 1. The van der Waals surface area contributed by atoms with E-state index in [4.69, 9.17) is 4.74 Å². The third kappa shape index (κ3) is 4.88. The Balaban J connectivity index is 1.34. The monoisotopic (exact) mass is 485 g/mol. The molecule has 1 amide bonds. The lowest BCUT2D eigenvalue weighted by atomic mass is 10.1. The van der Waals surface area contributed by atoms with Gasteiger partial charge in [-0.3, -0.25) is 14.1 Å². The first-order valence-corrected chi connectivity index (χ1v) is 12.6. The molecule has 0 unspecified atom stereocenters. The number of rotatable bonds is 6. The highest BCUT2D eigenvalue weighted by molar-refractivity contribution is 7.92. The van der Waals surface area contributed by atoms with Crippen molar-refractivity contribution in [2.45, 2.75) is 17.4 Å². The average Bonchev–Trinajstić information content (AvgIpc) is 2.90. The van der Waals surface area contributed by atoms with E-state index in [0.29, 0.717) is 17.1 Å². The molecule has 0 radical (unpaired) electrons. The van der Waals surface area contributed by atoms with E-state index in [-0.39, 0.29) is 11.4 Å². The SMILES string of the molecule is O=C(Nc1ccc(Cc2ccncc2)cc1)[C@H]1CN(S(=O)(=O)c2ccccc2)c2ccccc2O1. The van der Waals surface area contributed by atoms with E-state index in [1.165, 1.54) is 16.4 Å². The number of nitrogens with zero attached hydrogens (tertiary/aromatic N) is 2. The highest BCUT2D eigenvalue weighted by Crippen LogP contribution is 2.37. The maximum Gasteiger partial charge on any atom is 0.267 e. The van der Waals surface area contributed by atoms with Crippen LogP contribution in [0.3, 0.4) is 0 Å². The molecule has 1 N–H and O–H groups in total. The Labute approximate surface area is 204 Å². The molecule has 7 nitrogen and oxygen atoms in total. The molecule has 1 aliphatic heterocycles. The van der Waals surface area contributed by atoms with Crippen molar-refractivity contribution in [3.05, 3.63) is 115 Å². The van der Waals surface area contributed by atoms with Crippen LogP contribution in [0.4, 0.5) is 11.4 Å². The standard InChI is InChI=1S/C27H23N3O4S/c31-27(29-22-12-10-20(11-13-22)18-21-14-16-28-17-15-21)26-19-30(24-8-4-5-9-25(24)34-26)35(32,33)23-6-2-1-3-7-23/h1-17,26H,18-19H2,(H,29,31)/t26-/m1/s1. The summed E-state index contributed by atoms with van der Waals surface area (Å²) in [5.74, 6) is -0.0826. The van der Waals surface area contributed by atoms with Gasteiger partial charge in [0.25, 0.3) is 15.9 Å². The number of benzene rings is 3. The van der Waals surface area contributed by atoms with Gasteiger partial charge in [-0.25, -0.2) is 8.42 Å². The Hall–Kier alpha value is -4.17. The van der Waals surface area contributed by atoms with Gasteiger partial charge in [0, 0.05) is 18.1 Å². The van der Waals surface area contributed by atoms with Crippen LogP contribution in [0.15, 0.2) is 108 Å². The highest BCUT2D eigenvalue weighted by atomic mass is 32.2. The number of hydrogen-bond donors (Lipinski definition) is 1. The van der Waals surface area contributed by atoms with Crippen LogP contribution >= 0.6 is 0 Å². The molecule has 4 aromatic rings. The van der Waals surface area contributed by atoms with Crippen molar-refractivity contribution in [3.8, 4) is 5.75 Å². The molecule has 0 bridgehead atoms. The number of amides is 1. The molecule has 0 saturated heterocycles. The van der Waals surface area contributed by atoms with E-state index in [0.717, 1.165) is 17.5 Å². The third-order valence-corrected chi connectivity index (χ3v) is 7.53. The summed E-state index contributed by atoms with van der Waals surface area (Å²) in [5, 5.41) is 2.85. The second-order valence-electron chi connectivity index (χ2n) is 8.14. The van der Waals surface area contributed by atoms with Gasteiger partial charge in [0.1, 0.15) is 5.75 Å². The minimum atomic E-state index is -3.88. The first-order chi connectivity index (χ1) is 17.0. The molecule has 5 rings (SSSR count). The van der Waals surface area contributed by atoms with Gasteiger partial charge < -0.3 is 10.1 Å². The predicted molar refractivity (Wildman–Crippen MR) is 134 cm³/mol. The van der Waals surface area contributed by atoms with E-state index in [2.05, 4.69) is 10.3 Å². The first kappa shape index (κ1) is 22.6. The first-order valence-electron chi connectivity index (χ1n) is 11.1. The summed E-state index contributed by atoms with van der Waals surface area (Å²) in [6.45, 7) is -0.139. The smallest absolute Gasteiger partial charge is 0.267 e. The fraction of sp³-hybridized carbons (Fsp3) is 0.111. The van der Waals surface area contributed by atoms with Crippen molar-refractivity contribution in [3.63, 3.8) is 0 Å². The van der Waals surface area contributed by atoms with Crippen LogP contribution in [0.25, 0.3) is 0 Å². The van der Waals surface area contributed by atoms with Crippen LogP contribution in [0, 0.1) is 0 Å². The summed E-state index contributed by atoms with van der Waals surface area (Å²) in [7, 11) is -3.88. The maximum absolute atomic E-state index is 13.4. The Morgan fingerprint density at radius 3 is 2.29 bits per heavy atom. The molecule has 0 fully saturated rings. The van der Waals surface area contributed by atoms with Crippen molar-refractivity contribution >= 4 is 27.3 Å². The molecule has 8 heteroatoms. The minimum Gasteiger partial charge on any atom is -0.476 e. The van der Waals surface area contributed by atoms with E-state index in [1.807, 2.05) is 36.4 Å². The Bertz CT molecular complexity index is 1430. The van der Waals surface area contributed by atoms with Crippen LogP contribution in [0.1, 0.15) is 11.1 Å². The Morgan fingerprint density at radius 2 is 1.54 bits per heavy atom. The largest absolute Gasteiger partial charge is 0.476 e. The Morgan fingerprint density at radius 1 is 0.886 bits per heavy atom. The highest BCUT2D eigenvalue weighted by Gasteiger charge is 2.37. The summed E-state index contributed by atoms with van der Waals surface area (Å²) in [6.07, 6.45) is 3.26. The summed E-state index contributed by atoms with van der Waals surface area (Å²) in [5.41, 5.74) is 3.25. The molecule has 2 heterocycles. The summed E-state index contributed by atoms with van der Waals surface area (Å²) < 4.78 is 33.9. The van der Waals surface area contributed by atoms with E-state index in [1.54, 1.807) is 54.9 Å². The van der Waals surface area contributed by atoms with Crippen molar-refractivity contribution in [2.24, 2.45) is 0 Å². The lowest BCUT2D eigenvalue weighted by molar-refractivity contribution is -0.122. The van der Waals surface area contributed by atoms with Gasteiger partial charge in [0.05, 0.1) is 17.1 Å². The fourth-order valence-electron chi connectivity index (χ4n) is 3.95. The number of sulfonamides is 1. The van der Waals surface area contributed by atoms with E-state index in [9.17, 15) is 13.2 Å². The van der Waals surface area contributed by atoms with Crippen molar-refractivity contribution in [1.82, 2.24) is 4.98 Å². The zero-order valence-electron chi connectivity index (χ0n) is 18.7. The molecule has 1 atom stereocenters. The van der Waals surface area contributed by atoms with Crippen LogP contribution in [0.2, 0.25) is 0 Å². The van der Waals surface area contributed by atoms with Crippen molar-refractivity contribution in [2.75, 3.05) is 16.2 Å². The van der Waals surface area contributed by atoms with Gasteiger partial charge in [-0.2, -0.15) is 0 Å². The van der Waals surface area contributed by atoms with Gasteiger partial charge >= 0.3 is 0 Å². The minimum absolute atomic E-state index is 0.139. The molecular formula is C27H23N3O4S. The molecule has 0 spiro atoms. The number of anilines is 2. The number of pyridine rings is 1. The molecule has 1 aliphatic rings. The quantitative estimate of drug-likeness (QED) is 0.441. The molecular weight excluding hydrogens is 462 g/mol. The summed E-state index contributed by atoms with van der Waals surface area (Å²) in [6, 6.07) is 26.4. The van der Waals surface area contributed by atoms with Gasteiger partial charge in [-0.1, -0.05) is 42.5 Å². The normalized spacial score (nSPS) is 15.1. The molecule has 3 aromatic carbocycles. The summed E-state index contributed by atoms with van der Waals surface area (Å²) in [4.78, 5) is 17.3. The second kappa shape index (κ2) is 9.60. The third-order valence-electron chi connectivity index (χ3n) is 5.74. The number of ether oxygens (including phenoxy) is 1. The number of fused-ring (bicyclic) bond motifs is 1. The van der Waals surface area contributed by atoms with Crippen LogP contribution in [-0.2, 0) is 21.2 Å². The van der Waals surface area contributed by atoms with Gasteiger partial charge in [0.15, 0.2) is 6.10 Å². The van der Waals surface area contributed by atoms with Crippen molar-refractivity contribution < 1.29 is 17.9 Å². The number of carbonyl (C=O) groups is 1. The molecule has 35 heavy (non-hydrogen) atoms. The van der Waals surface area contributed by atoms with Gasteiger partial charge in [-0.15, -0.1) is 0 Å². The number of nitrogens with one attached hydrogen (secondary N) is 1. The number of aromatic nitrogens is 1. The second-order valence-corrected chi connectivity index (χ2v) is 10.0. The fourth-order valence-corrected chi connectivity index (χ4v) is 5.45. The van der Waals surface area contributed by atoms with Crippen LogP contribution < -0.4 is 14.4 Å². The van der Waals surface area contributed by atoms with E-state index >= 15 is 0 Å².